The number of thioether (sulfide) groups is 1. The van der Waals surface area contributed by atoms with Gasteiger partial charge < -0.3 is 14.4 Å². The number of ether oxygens (including phenoxy) is 2. The minimum absolute atomic E-state index is 0.124. The Balaban J connectivity index is 2.05. The van der Waals surface area contributed by atoms with Crippen LogP contribution >= 0.6 is 11.8 Å². The molecule has 4 nitrogen and oxygen atoms in total. The molecule has 0 radical (unpaired) electrons. The van der Waals surface area contributed by atoms with Crippen LogP contribution in [0.3, 0.4) is 0 Å². The first-order valence-corrected chi connectivity index (χ1v) is 9.09. The lowest BCUT2D eigenvalue weighted by Gasteiger charge is -2.26. The Morgan fingerprint density at radius 1 is 1.00 bits per heavy atom. The minimum atomic E-state index is -0.495. The van der Waals surface area contributed by atoms with Crippen molar-refractivity contribution in [1.82, 2.24) is 4.90 Å². The highest BCUT2D eigenvalue weighted by atomic mass is 32.2. The van der Waals surface area contributed by atoms with Crippen molar-refractivity contribution in [1.29, 1.82) is 0 Å². The third-order valence-electron chi connectivity index (χ3n) is 4.37. The third kappa shape index (κ3) is 3.33. The van der Waals surface area contributed by atoms with Gasteiger partial charge in [-0.15, -0.1) is 11.8 Å². The van der Waals surface area contributed by atoms with Crippen molar-refractivity contribution >= 4 is 17.7 Å². The van der Waals surface area contributed by atoms with E-state index in [9.17, 15) is 4.79 Å². The van der Waals surface area contributed by atoms with E-state index in [-0.39, 0.29) is 11.3 Å². The second-order valence-electron chi connectivity index (χ2n) is 6.48. The molecule has 1 unspecified atom stereocenters. The number of nitrogens with zero attached hydrogens (tertiary/aromatic N) is 1. The van der Waals surface area contributed by atoms with Crippen molar-refractivity contribution in [3.05, 3.63) is 59.7 Å². The van der Waals surface area contributed by atoms with Gasteiger partial charge in [0.05, 0.1) is 24.5 Å². The summed E-state index contributed by atoms with van der Waals surface area (Å²) in [7, 11) is 3.29. The summed E-state index contributed by atoms with van der Waals surface area (Å²) >= 11 is 1.63. The average molecular weight is 357 g/mol. The Morgan fingerprint density at radius 2 is 1.60 bits per heavy atom. The molecule has 1 amide bonds. The predicted molar refractivity (Wildman–Crippen MR) is 101 cm³/mol. The monoisotopic (exact) mass is 357 g/mol. The van der Waals surface area contributed by atoms with E-state index in [0.29, 0.717) is 6.54 Å². The van der Waals surface area contributed by atoms with Gasteiger partial charge in [-0.1, -0.05) is 36.4 Å². The van der Waals surface area contributed by atoms with Gasteiger partial charge in [0.1, 0.15) is 16.9 Å². The molecule has 0 saturated carbocycles. The van der Waals surface area contributed by atoms with Gasteiger partial charge in [0.25, 0.3) is 0 Å². The Kier molecular flexibility index (Phi) is 4.95. The first kappa shape index (κ1) is 17.7. The Morgan fingerprint density at radius 3 is 2.16 bits per heavy atom. The molecular weight excluding hydrogens is 334 g/mol. The van der Waals surface area contributed by atoms with Gasteiger partial charge in [-0.05, 0) is 31.5 Å². The molecular formula is C20H23NO3S. The lowest BCUT2D eigenvalue weighted by Crippen LogP contribution is -2.35. The van der Waals surface area contributed by atoms with Crippen molar-refractivity contribution in [2.24, 2.45) is 0 Å². The van der Waals surface area contributed by atoms with E-state index < -0.39 is 4.75 Å². The van der Waals surface area contributed by atoms with Crippen LogP contribution in [0, 0.1) is 0 Å². The quantitative estimate of drug-likeness (QED) is 0.802. The summed E-state index contributed by atoms with van der Waals surface area (Å²) in [6.07, 6.45) is 0. The van der Waals surface area contributed by atoms with Gasteiger partial charge in [-0.2, -0.15) is 0 Å². The summed E-state index contributed by atoms with van der Waals surface area (Å²) in [5.41, 5.74) is 2.01. The molecule has 132 valence electrons. The SMILES string of the molecule is COc1cccc(OC)c1C1SC(C)(C)C(=O)N1Cc1ccccc1. The summed E-state index contributed by atoms with van der Waals surface area (Å²) in [5, 5.41) is -0.159. The molecule has 0 bridgehead atoms. The first-order chi connectivity index (χ1) is 12.0. The molecule has 3 rings (SSSR count). The average Bonchev–Trinajstić information content (AvgIpc) is 2.85. The standard InChI is InChI=1S/C20H23NO3S/c1-20(2)19(22)21(13-14-9-6-5-7-10-14)18(25-20)17-15(23-3)11-8-12-16(17)24-4/h5-12,18H,13H2,1-4H3. The Labute approximate surface area is 153 Å². The molecule has 1 fully saturated rings. The van der Waals surface area contributed by atoms with Crippen LogP contribution < -0.4 is 9.47 Å². The predicted octanol–water partition coefficient (Wildman–Crippen LogP) is 4.26. The van der Waals surface area contributed by atoms with Gasteiger partial charge in [-0.25, -0.2) is 0 Å². The summed E-state index contributed by atoms with van der Waals surface area (Å²) in [5.74, 6) is 1.60. The maximum absolute atomic E-state index is 13.0. The maximum Gasteiger partial charge on any atom is 0.239 e. The topological polar surface area (TPSA) is 38.8 Å². The van der Waals surface area contributed by atoms with Crippen LogP contribution in [0.5, 0.6) is 11.5 Å². The highest BCUT2D eigenvalue weighted by molar-refractivity contribution is 8.02. The second-order valence-corrected chi connectivity index (χ2v) is 8.18. The number of benzene rings is 2. The zero-order chi connectivity index (χ0) is 18.0. The van der Waals surface area contributed by atoms with Gasteiger partial charge in [0, 0.05) is 6.54 Å². The number of amides is 1. The fourth-order valence-corrected chi connectivity index (χ4v) is 4.54. The number of rotatable bonds is 5. The second kappa shape index (κ2) is 7.00. The van der Waals surface area contributed by atoms with E-state index in [0.717, 1.165) is 22.6 Å². The van der Waals surface area contributed by atoms with E-state index in [1.165, 1.54) is 0 Å². The van der Waals surface area contributed by atoms with Crippen LogP contribution in [0.4, 0.5) is 0 Å². The highest BCUT2D eigenvalue weighted by Crippen LogP contribution is 2.54. The van der Waals surface area contributed by atoms with E-state index in [1.54, 1.807) is 26.0 Å². The molecule has 0 spiro atoms. The molecule has 2 aromatic rings. The lowest BCUT2D eigenvalue weighted by atomic mass is 10.1. The van der Waals surface area contributed by atoms with Gasteiger partial charge in [0.15, 0.2) is 0 Å². The lowest BCUT2D eigenvalue weighted by molar-refractivity contribution is -0.132. The summed E-state index contributed by atoms with van der Waals surface area (Å²) in [6.45, 7) is 4.50. The van der Waals surface area contributed by atoms with E-state index in [1.807, 2.05) is 67.3 Å². The molecule has 1 saturated heterocycles. The number of carbonyl (C=O) groups excluding carboxylic acids is 1. The molecule has 25 heavy (non-hydrogen) atoms. The van der Waals surface area contributed by atoms with Gasteiger partial charge in [0.2, 0.25) is 5.91 Å². The van der Waals surface area contributed by atoms with Gasteiger partial charge >= 0.3 is 0 Å². The molecule has 5 heteroatoms. The van der Waals surface area contributed by atoms with Crippen molar-refractivity contribution in [3.8, 4) is 11.5 Å². The largest absolute Gasteiger partial charge is 0.496 e. The molecule has 0 aromatic heterocycles. The van der Waals surface area contributed by atoms with Crippen LogP contribution in [0.1, 0.15) is 30.3 Å². The minimum Gasteiger partial charge on any atom is -0.496 e. The van der Waals surface area contributed by atoms with Crippen LogP contribution in [-0.2, 0) is 11.3 Å². The molecule has 1 aliphatic rings. The van der Waals surface area contributed by atoms with Crippen LogP contribution in [-0.4, -0.2) is 29.8 Å². The molecule has 1 atom stereocenters. The summed E-state index contributed by atoms with van der Waals surface area (Å²) in [4.78, 5) is 15.0. The normalized spacial score (nSPS) is 19.1. The number of hydrogen-bond acceptors (Lipinski definition) is 4. The fourth-order valence-electron chi connectivity index (χ4n) is 3.12. The molecule has 0 N–H and O–H groups in total. The van der Waals surface area contributed by atoms with Crippen molar-refractivity contribution < 1.29 is 14.3 Å². The number of methoxy groups -OCH3 is 2. The van der Waals surface area contributed by atoms with E-state index >= 15 is 0 Å². The fraction of sp³-hybridized carbons (Fsp3) is 0.350. The summed E-state index contributed by atoms with van der Waals surface area (Å²) < 4.78 is 10.6. The van der Waals surface area contributed by atoms with Crippen LogP contribution in [0.2, 0.25) is 0 Å². The Hall–Kier alpha value is -2.14. The molecule has 1 heterocycles. The van der Waals surface area contributed by atoms with Crippen molar-refractivity contribution in [3.63, 3.8) is 0 Å². The van der Waals surface area contributed by atoms with Gasteiger partial charge in [-0.3, -0.25) is 4.79 Å². The Bertz CT molecular complexity index is 739. The number of carbonyl (C=O) groups is 1. The maximum atomic E-state index is 13.0. The zero-order valence-corrected chi connectivity index (χ0v) is 15.8. The van der Waals surface area contributed by atoms with Crippen molar-refractivity contribution in [2.75, 3.05) is 14.2 Å². The molecule has 1 aliphatic heterocycles. The smallest absolute Gasteiger partial charge is 0.239 e. The van der Waals surface area contributed by atoms with Crippen LogP contribution in [0.25, 0.3) is 0 Å². The van der Waals surface area contributed by atoms with E-state index in [4.69, 9.17) is 9.47 Å². The van der Waals surface area contributed by atoms with Crippen LogP contribution in [0.15, 0.2) is 48.5 Å². The highest BCUT2D eigenvalue weighted by Gasteiger charge is 2.48. The molecule has 2 aromatic carbocycles. The zero-order valence-electron chi connectivity index (χ0n) is 15.0. The third-order valence-corrected chi connectivity index (χ3v) is 5.85. The summed E-state index contributed by atoms with van der Waals surface area (Å²) in [6, 6.07) is 15.8. The van der Waals surface area contributed by atoms with E-state index in [2.05, 4.69) is 0 Å². The number of hydrogen-bond donors (Lipinski definition) is 0. The first-order valence-electron chi connectivity index (χ1n) is 8.21. The molecule has 0 aliphatic carbocycles. The van der Waals surface area contributed by atoms with Crippen molar-refractivity contribution in [2.45, 2.75) is 30.5 Å².